The van der Waals surface area contributed by atoms with E-state index in [1.54, 1.807) is 26.8 Å². The van der Waals surface area contributed by atoms with E-state index in [4.69, 9.17) is 0 Å². The van der Waals surface area contributed by atoms with Crippen molar-refractivity contribution in [2.45, 2.75) is 36.7 Å². The number of rotatable bonds is 1. The molecule has 0 radical (unpaired) electrons. The molecule has 0 unspecified atom stereocenters. The van der Waals surface area contributed by atoms with Crippen molar-refractivity contribution in [3.8, 4) is 0 Å². The third-order valence-corrected chi connectivity index (χ3v) is 6.78. The lowest BCUT2D eigenvalue weighted by atomic mass is 10.2. The van der Waals surface area contributed by atoms with Gasteiger partial charge in [-0.1, -0.05) is 12.1 Å². The Bertz CT molecular complexity index is 658. The van der Waals surface area contributed by atoms with Crippen LogP contribution in [0.4, 0.5) is 0 Å². The normalized spacial score (nSPS) is 13.2. The van der Waals surface area contributed by atoms with E-state index >= 15 is 0 Å². The standard InChI is InChI=1S/C13H16O2S2/c1-9-5-6-10-8-12(16-11(10)7-9)17(14,15)13(2,3)4/h5-8H,1-4H3. The largest absolute Gasteiger partial charge is 0.222 e. The van der Waals surface area contributed by atoms with E-state index in [2.05, 4.69) is 0 Å². The van der Waals surface area contributed by atoms with E-state index in [1.807, 2.05) is 25.1 Å². The maximum atomic E-state index is 12.3. The van der Waals surface area contributed by atoms with Crippen LogP contribution in [0.2, 0.25) is 0 Å². The van der Waals surface area contributed by atoms with Crippen LogP contribution in [0.3, 0.4) is 0 Å². The highest BCUT2D eigenvalue weighted by Crippen LogP contribution is 2.34. The van der Waals surface area contributed by atoms with Gasteiger partial charge >= 0.3 is 0 Å². The molecule has 2 rings (SSSR count). The fourth-order valence-electron chi connectivity index (χ4n) is 1.55. The van der Waals surface area contributed by atoms with Crippen LogP contribution in [0.25, 0.3) is 10.1 Å². The summed E-state index contributed by atoms with van der Waals surface area (Å²) < 4.78 is 25.4. The highest BCUT2D eigenvalue weighted by molar-refractivity contribution is 7.94. The molecule has 0 aliphatic rings. The van der Waals surface area contributed by atoms with E-state index in [1.165, 1.54) is 11.3 Å². The van der Waals surface area contributed by atoms with Crippen molar-refractivity contribution >= 4 is 31.3 Å². The van der Waals surface area contributed by atoms with Crippen molar-refractivity contribution < 1.29 is 8.42 Å². The zero-order chi connectivity index (χ0) is 12.8. The van der Waals surface area contributed by atoms with Crippen LogP contribution in [0, 0.1) is 6.92 Å². The maximum Gasteiger partial charge on any atom is 0.192 e. The van der Waals surface area contributed by atoms with Crippen LogP contribution in [0.1, 0.15) is 26.3 Å². The third kappa shape index (κ3) is 2.11. The van der Waals surface area contributed by atoms with Crippen LogP contribution in [-0.4, -0.2) is 13.2 Å². The Labute approximate surface area is 106 Å². The minimum Gasteiger partial charge on any atom is -0.222 e. The summed E-state index contributed by atoms with van der Waals surface area (Å²) >= 11 is 1.36. The van der Waals surface area contributed by atoms with Gasteiger partial charge in [-0.25, -0.2) is 8.42 Å². The van der Waals surface area contributed by atoms with Gasteiger partial charge in [-0.05, 0) is 50.8 Å². The van der Waals surface area contributed by atoms with Crippen LogP contribution in [-0.2, 0) is 9.84 Å². The van der Waals surface area contributed by atoms with E-state index in [0.29, 0.717) is 4.21 Å². The van der Waals surface area contributed by atoms with Gasteiger partial charge in [0.15, 0.2) is 9.84 Å². The minimum absolute atomic E-state index is 0.464. The average molecular weight is 268 g/mol. The molecule has 4 heteroatoms. The lowest BCUT2D eigenvalue weighted by Gasteiger charge is -2.17. The van der Waals surface area contributed by atoms with Gasteiger partial charge in [0.05, 0.1) is 4.75 Å². The van der Waals surface area contributed by atoms with E-state index < -0.39 is 14.6 Å². The smallest absolute Gasteiger partial charge is 0.192 e. The van der Waals surface area contributed by atoms with Gasteiger partial charge in [-0.3, -0.25) is 0 Å². The number of hydrogen-bond acceptors (Lipinski definition) is 3. The summed E-state index contributed by atoms with van der Waals surface area (Å²) in [5.74, 6) is 0. The van der Waals surface area contributed by atoms with Crippen molar-refractivity contribution in [2.24, 2.45) is 0 Å². The molecule has 0 fully saturated rings. The summed E-state index contributed by atoms with van der Waals surface area (Å²) in [5, 5.41) is 1.00. The second-order valence-electron chi connectivity index (χ2n) is 5.22. The minimum atomic E-state index is -3.23. The summed E-state index contributed by atoms with van der Waals surface area (Å²) in [6.07, 6.45) is 0. The van der Waals surface area contributed by atoms with Crippen LogP contribution in [0.15, 0.2) is 28.5 Å². The first-order valence-electron chi connectivity index (χ1n) is 5.47. The Hall–Kier alpha value is -0.870. The molecule has 0 aliphatic carbocycles. The Kier molecular flexibility index (Phi) is 2.83. The summed E-state index contributed by atoms with van der Waals surface area (Å²) in [5.41, 5.74) is 1.15. The van der Waals surface area contributed by atoms with Crippen molar-refractivity contribution in [2.75, 3.05) is 0 Å². The van der Waals surface area contributed by atoms with Gasteiger partial charge < -0.3 is 0 Å². The number of fused-ring (bicyclic) bond motifs is 1. The molecule has 0 atom stereocenters. The predicted molar refractivity (Wildman–Crippen MR) is 73.5 cm³/mol. The van der Waals surface area contributed by atoms with Gasteiger partial charge in [-0.2, -0.15) is 0 Å². The second kappa shape index (κ2) is 3.82. The Balaban J connectivity index is 2.66. The molecule has 2 aromatic rings. The highest BCUT2D eigenvalue weighted by atomic mass is 32.2. The molecule has 0 saturated heterocycles. The summed E-state index contributed by atoms with van der Waals surface area (Å²) in [7, 11) is -3.23. The van der Waals surface area contributed by atoms with Gasteiger partial charge in [0, 0.05) is 4.70 Å². The molecule has 0 saturated carbocycles. The van der Waals surface area contributed by atoms with Gasteiger partial charge in [-0.15, -0.1) is 11.3 Å². The van der Waals surface area contributed by atoms with Crippen molar-refractivity contribution in [1.29, 1.82) is 0 Å². The Morgan fingerprint density at radius 1 is 1.12 bits per heavy atom. The molecule has 2 nitrogen and oxygen atoms in total. The lowest BCUT2D eigenvalue weighted by molar-refractivity contribution is 0.562. The molecule has 1 aromatic carbocycles. The molecule has 0 amide bonds. The molecule has 0 bridgehead atoms. The first-order chi connectivity index (χ1) is 7.72. The van der Waals surface area contributed by atoms with Crippen molar-refractivity contribution in [3.63, 3.8) is 0 Å². The van der Waals surface area contributed by atoms with Gasteiger partial charge in [0.25, 0.3) is 0 Å². The topological polar surface area (TPSA) is 34.1 Å². The van der Waals surface area contributed by atoms with Crippen LogP contribution < -0.4 is 0 Å². The zero-order valence-corrected chi connectivity index (χ0v) is 12.1. The number of hydrogen-bond donors (Lipinski definition) is 0. The monoisotopic (exact) mass is 268 g/mol. The summed E-state index contributed by atoms with van der Waals surface area (Å²) in [4.78, 5) is 0. The molecule has 0 N–H and O–H groups in total. The van der Waals surface area contributed by atoms with Gasteiger partial charge in [0.2, 0.25) is 0 Å². The van der Waals surface area contributed by atoms with Crippen molar-refractivity contribution in [1.82, 2.24) is 0 Å². The Morgan fingerprint density at radius 3 is 2.35 bits per heavy atom. The molecule has 17 heavy (non-hydrogen) atoms. The predicted octanol–water partition coefficient (Wildman–Crippen LogP) is 3.78. The lowest BCUT2D eigenvalue weighted by Crippen LogP contribution is -2.27. The van der Waals surface area contributed by atoms with Crippen LogP contribution >= 0.6 is 11.3 Å². The molecule has 0 spiro atoms. The maximum absolute atomic E-state index is 12.3. The number of benzene rings is 1. The highest BCUT2D eigenvalue weighted by Gasteiger charge is 2.32. The molecule has 1 aromatic heterocycles. The average Bonchev–Trinajstić information content (AvgIpc) is 2.58. The summed E-state index contributed by atoms with van der Waals surface area (Å²) in [6, 6.07) is 7.78. The zero-order valence-electron chi connectivity index (χ0n) is 10.4. The first kappa shape index (κ1) is 12.6. The second-order valence-corrected chi connectivity index (χ2v) is 9.24. The molecular weight excluding hydrogens is 252 g/mol. The number of aryl methyl sites for hydroxylation is 1. The molecule has 92 valence electrons. The fraction of sp³-hybridized carbons (Fsp3) is 0.385. The summed E-state index contributed by atoms with van der Waals surface area (Å²) in [6.45, 7) is 7.21. The van der Waals surface area contributed by atoms with Gasteiger partial charge in [0.1, 0.15) is 4.21 Å². The van der Waals surface area contributed by atoms with Crippen molar-refractivity contribution in [3.05, 3.63) is 29.8 Å². The first-order valence-corrected chi connectivity index (χ1v) is 7.76. The quantitative estimate of drug-likeness (QED) is 0.788. The molecule has 1 heterocycles. The molecule has 0 aliphatic heterocycles. The van der Waals surface area contributed by atoms with E-state index in [-0.39, 0.29) is 0 Å². The van der Waals surface area contributed by atoms with Crippen LogP contribution in [0.5, 0.6) is 0 Å². The number of sulfone groups is 1. The number of thiophene rings is 1. The molecular formula is C13H16O2S2. The Morgan fingerprint density at radius 2 is 1.76 bits per heavy atom. The van der Waals surface area contributed by atoms with E-state index in [0.717, 1.165) is 15.6 Å². The SMILES string of the molecule is Cc1ccc2cc(S(=O)(=O)C(C)(C)C)sc2c1. The third-order valence-electron chi connectivity index (χ3n) is 2.72. The fourth-order valence-corrected chi connectivity index (χ4v) is 4.78. The van der Waals surface area contributed by atoms with E-state index in [9.17, 15) is 8.42 Å².